The Morgan fingerprint density at radius 1 is 1.30 bits per heavy atom. The Kier molecular flexibility index (Phi) is 2.69. The maximum Gasteiger partial charge on any atom is 0.330 e. The van der Waals surface area contributed by atoms with Crippen LogP contribution in [0.3, 0.4) is 0 Å². The molecule has 0 spiro atoms. The van der Waals surface area contributed by atoms with Gasteiger partial charge in [0.25, 0.3) is 0 Å². The number of ether oxygens (including phenoxy) is 2. The average molecular weight is 276 g/mol. The number of hydrogen-bond donors (Lipinski definition) is 0. The van der Waals surface area contributed by atoms with Gasteiger partial charge in [-0.3, -0.25) is 4.79 Å². The first kappa shape index (κ1) is 12.4. The molecular weight excluding hydrogens is 256 g/mol. The fourth-order valence-corrected chi connectivity index (χ4v) is 5.54. The second-order valence-corrected chi connectivity index (χ2v) is 6.80. The van der Waals surface area contributed by atoms with Crippen molar-refractivity contribution in [1.82, 2.24) is 0 Å². The summed E-state index contributed by atoms with van der Waals surface area (Å²) >= 11 is 0. The van der Waals surface area contributed by atoms with Crippen LogP contribution in [-0.2, 0) is 19.1 Å². The lowest BCUT2D eigenvalue weighted by molar-refractivity contribution is -0.166. The molecule has 7 unspecified atom stereocenters. The van der Waals surface area contributed by atoms with E-state index >= 15 is 0 Å². The highest BCUT2D eigenvalue weighted by molar-refractivity contribution is 5.82. The number of carbonyl (C=O) groups excluding carboxylic acids is 2. The minimum absolute atomic E-state index is 0.138. The third-order valence-corrected chi connectivity index (χ3v) is 6.13. The Bertz CT molecular complexity index is 471. The summed E-state index contributed by atoms with van der Waals surface area (Å²) in [5.41, 5.74) is 0. The van der Waals surface area contributed by atoms with Crippen molar-refractivity contribution in [1.29, 1.82) is 0 Å². The molecule has 4 bridgehead atoms. The van der Waals surface area contributed by atoms with Crippen LogP contribution >= 0.6 is 0 Å². The lowest BCUT2D eigenvalue weighted by atomic mass is 9.74. The molecule has 0 amide bonds. The lowest BCUT2D eigenvalue weighted by Gasteiger charge is -2.31. The summed E-state index contributed by atoms with van der Waals surface area (Å²) in [7, 11) is 0. The van der Waals surface area contributed by atoms with Crippen molar-refractivity contribution < 1.29 is 19.1 Å². The molecule has 0 aromatic heterocycles. The quantitative estimate of drug-likeness (QED) is 0.449. The molecule has 1 aliphatic heterocycles. The first-order chi connectivity index (χ1) is 9.69. The Morgan fingerprint density at radius 3 is 2.80 bits per heavy atom. The molecule has 0 aromatic carbocycles. The molecule has 4 heteroatoms. The van der Waals surface area contributed by atoms with E-state index in [1.807, 2.05) is 0 Å². The minimum Gasteiger partial charge on any atom is -0.462 e. The summed E-state index contributed by atoms with van der Waals surface area (Å²) < 4.78 is 10.8. The van der Waals surface area contributed by atoms with Gasteiger partial charge in [-0.05, 0) is 49.4 Å². The second kappa shape index (κ2) is 4.34. The average Bonchev–Trinajstić information content (AvgIpc) is 3.11. The highest BCUT2D eigenvalue weighted by atomic mass is 16.6. The molecule has 4 rings (SSSR count). The molecule has 108 valence electrons. The second-order valence-electron chi connectivity index (χ2n) is 6.80. The summed E-state index contributed by atoms with van der Waals surface area (Å²) in [4.78, 5) is 23.4. The molecule has 0 aromatic rings. The van der Waals surface area contributed by atoms with E-state index in [4.69, 9.17) is 9.47 Å². The van der Waals surface area contributed by atoms with Crippen molar-refractivity contribution in [2.24, 2.45) is 35.5 Å². The van der Waals surface area contributed by atoms with Crippen molar-refractivity contribution in [2.45, 2.75) is 31.8 Å². The maximum absolute atomic E-state index is 12.2. The van der Waals surface area contributed by atoms with Gasteiger partial charge >= 0.3 is 11.9 Å². The molecule has 1 saturated heterocycles. The lowest BCUT2D eigenvalue weighted by Crippen LogP contribution is -2.38. The zero-order chi connectivity index (χ0) is 13.9. The molecule has 4 aliphatic rings. The van der Waals surface area contributed by atoms with Gasteiger partial charge in [-0.1, -0.05) is 6.58 Å². The van der Waals surface area contributed by atoms with Crippen LogP contribution in [0.4, 0.5) is 0 Å². The molecule has 1 heterocycles. The summed E-state index contributed by atoms with van der Waals surface area (Å²) in [5.74, 6) is 2.23. The van der Waals surface area contributed by atoms with Crippen LogP contribution in [0.1, 0.15) is 25.7 Å². The first-order valence-corrected chi connectivity index (χ1v) is 7.68. The van der Waals surface area contributed by atoms with Crippen LogP contribution < -0.4 is 0 Å². The zero-order valence-corrected chi connectivity index (χ0v) is 11.5. The van der Waals surface area contributed by atoms with Crippen molar-refractivity contribution in [3.8, 4) is 0 Å². The first-order valence-electron chi connectivity index (χ1n) is 7.68. The molecule has 4 fully saturated rings. The van der Waals surface area contributed by atoms with Crippen LogP contribution in [0.2, 0.25) is 0 Å². The summed E-state index contributed by atoms with van der Waals surface area (Å²) in [5, 5.41) is 0. The Hall–Kier alpha value is -1.32. The fraction of sp³-hybridized carbons (Fsp3) is 0.750. The minimum atomic E-state index is -0.456. The highest BCUT2D eigenvalue weighted by Gasteiger charge is 2.63. The van der Waals surface area contributed by atoms with E-state index in [-0.39, 0.29) is 24.6 Å². The highest BCUT2D eigenvalue weighted by Crippen LogP contribution is 2.64. The maximum atomic E-state index is 12.2. The topological polar surface area (TPSA) is 52.6 Å². The molecule has 20 heavy (non-hydrogen) atoms. The van der Waals surface area contributed by atoms with Crippen molar-refractivity contribution >= 4 is 11.9 Å². The predicted octanol–water partition coefficient (Wildman–Crippen LogP) is 1.94. The third-order valence-electron chi connectivity index (χ3n) is 6.13. The van der Waals surface area contributed by atoms with Gasteiger partial charge in [0.2, 0.25) is 0 Å². The van der Waals surface area contributed by atoms with E-state index < -0.39 is 5.97 Å². The predicted molar refractivity (Wildman–Crippen MR) is 70.4 cm³/mol. The smallest absolute Gasteiger partial charge is 0.330 e. The van der Waals surface area contributed by atoms with Crippen LogP contribution in [0, 0.1) is 35.5 Å². The van der Waals surface area contributed by atoms with Crippen LogP contribution in [0.15, 0.2) is 12.7 Å². The van der Waals surface area contributed by atoms with Crippen molar-refractivity contribution in [2.75, 3.05) is 6.61 Å². The van der Waals surface area contributed by atoms with Crippen LogP contribution in [0.5, 0.6) is 0 Å². The Morgan fingerprint density at radius 2 is 2.05 bits per heavy atom. The summed E-state index contributed by atoms with van der Waals surface area (Å²) in [6, 6.07) is 0. The van der Waals surface area contributed by atoms with Crippen molar-refractivity contribution in [3.63, 3.8) is 0 Å². The number of fused-ring (bicyclic) bond motifs is 9. The van der Waals surface area contributed by atoms with E-state index in [0.717, 1.165) is 24.3 Å². The van der Waals surface area contributed by atoms with Crippen LogP contribution in [0.25, 0.3) is 0 Å². The van der Waals surface area contributed by atoms with Gasteiger partial charge in [-0.15, -0.1) is 0 Å². The molecular formula is C16H20O4. The standard InChI is InChI=1S/C16H20O4/c1-2-13(17)19-7-11-10-6-12(20-16(11)18)15-9-4-3-8(5-9)14(10)15/h2,8-12,14-15H,1,3-7H2. The zero-order valence-electron chi connectivity index (χ0n) is 11.5. The van der Waals surface area contributed by atoms with Gasteiger partial charge in [0, 0.05) is 12.0 Å². The Labute approximate surface area is 118 Å². The van der Waals surface area contributed by atoms with Gasteiger partial charge in [-0.25, -0.2) is 4.79 Å². The largest absolute Gasteiger partial charge is 0.462 e. The molecule has 0 N–H and O–H groups in total. The monoisotopic (exact) mass is 276 g/mol. The van der Waals surface area contributed by atoms with E-state index in [2.05, 4.69) is 6.58 Å². The number of esters is 2. The molecule has 3 aliphatic carbocycles. The SMILES string of the molecule is C=CC(=O)OCC1C(=O)OC2CC1C1C3CCC(C3)C21. The van der Waals surface area contributed by atoms with E-state index in [0.29, 0.717) is 17.8 Å². The van der Waals surface area contributed by atoms with Gasteiger partial charge in [0.1, 0.15) is 12.7 Å². The Balaban J connectivity index is 1.54. The van der Waals surface area contributed by atoms with E-state index in [9.17, 15) is 9.59 Å². The molecule has 3 saturated carbocycles. The van der Waals surface area contributed by atoms with Gasteiger partial charge in [0.05, 0.1) is 5.92 Å². The molecule has 0 radical (unpaired) electrons. The number of hydrogen-bond acceptors (Lipinski definition) is 4. The fourth-order valence-electron chi connectivity index (χ4n) is 5.54. The summed E-state index contributed by atoms with van der Waals surface area (Å²) in [6.45, 7) is 3.54. The van der Waals surface area contributed by atoms with E-state index in [1.165, 1.54) is 19.3 Å². The third kappa shape index (κ3) is 1.60. The van der Waals surface area contributed by atoms with Gasteiger partial charge < -0.3 is 9.47 Å². The summed E-state index contributed by atoms with van der Waals surface area (Å²) in [6.07, 6.45) is 6.19. The van der Waals surface area contributed by atoms with Crippen molar-refractivity contribution in [3.05, 3.63) is 12.7 Å². The number of rotatable bonds is 3. The number of carbonyl (C=O) groups is 2. The molecule has 4 nitrogen and oxygen atoms in total. The van der Waals surface area contributed by atoms with E-state index in [1.54, 1.807) is 0 Å². The van der Waals surface area contributed by atoms with Gasteiger partial charge in [-0.2, -0.15) is 0 Å². The van der Waals surface area contributed by atoms with Gasteiger partial charge in [0.15, 0.2) is 0 Å². The normalized spacial score (nSPS) is 47.8. The van der Waals surface area contributed by atoms with Crippen LogP contribution in [-0.4, -0.2) is 24.6 Å². The molecule has 7 atom stereocenters.